The SMILES string of the molecule is CC/C=C\C/C=C\C/C=C\C/C=C\C/C=C\CCCC(=O)OC(COC(=O)CCCCCCC/C=C\C/C=C\CCCCCC)COC(=O)CCCCCCCCCCCCC/C=C\CCCCCCCCCC. The molecule has 0 spiro atoms. The Kier molecular flexibility index (Phi) is 58.8. The summed E-state index contributed by atoms with van der Waals surface area (Å²) in [5.74, 6) is -0.971. The Hall–Kier alpha value is -3.67. The van der Waals surface area contributed by atoms with E-state index in [-0.39, 0.29) is 37.5 Å². The minimum Gasteiger partial charge on any atom is -0.462 e. The summed E-state index contributed by atoms with van der Waals surface area (Å²) >= 11 is 0. The highest BCUT2D eigenvalue weighted by atomic mass is 16.6. The van der Waals surface area contributed by atoms with Crippen LogP contribution in [0.15, 0.2) is 97.2 Å². The number of hydrogen-bond donors (Lipinski definition) is 0. The zero-order chi connectivity index (χ0) is 53.6. The van der Waals surface area contributed by atoms with Gasteiger partial charge in [0.2, 0.25) is 0 Å². The first-order chi connectivity index (χ1) is 36.5. The Morgan fingerprint density at radius 3 is 0.892 bits per heavy atom. The zero-order valence-electron chi connectivity index (χ0n) is 48.6. The maximum absolute atomic E-state index is 12.9. The van der Waals surface area contributed by atoms with Gasteiger partial charge in [-0.3, -0.25) is 14.4 Å². The third-order valence-corrected chi connectivity index (χ3v) is 13.3. The maximum atomic E-state index is 12.9. The van der Waals surface area contributed by atoms with Gasteiger partial charge < -0.3 is 14.2 Å². The Labute approximate surface area is 457 Å². The minimum absolute atomic E-state index is 0.105. The highest BCUT2D eigenvalue weighted by Crippen LogP contribution is 2.15. The molecule has 0 saturated carbocycles. The molecule has 0 aromatic heterocycles. The van der Waals surface area contributed by atoms with Gasteiger partial charge >= 0.3 is 17.9 Å². The second-order valence-electron chi connectivity index (χ2n) is 20.6. The van der Waals surface area contributed by atoms with Crippen molar-refractivity contribution in [2.24, 2.45) is 0 Å². The lowest BCUT2D eigenvalue weighted by Crippen LogP contribution is -2.30. The molecular formula is C68H116O6. The van der Waals surface area contributed by atoms with Crippen LogP contribution in [0.1, 0.15) is 297 Å². The predicted molar refractivity (Wildman–Crippen MR) is 320 cm³/mol. The van der Waals surface area contributed by atoms with Crippen molar-refractivity contribution in [1.82, 2.24) is 0 Å². The number of hydrogen-bond acceptors (Lipinski definition) is 6. The van der Waals surface area contributed by atoms with E-state index in [4.69, 9.17) is 14.2 Å². The molecule has 0 saturated heterocycles. The summed E-state index contributed by atoms with van der Waals surface area (Å²) in [5, 5.41) is 0. The van der Waals surface area contributed by atoms with E-state index in [1.54, 1.807) is 0 Å². The molecule has 0 radical (unpaired) electrons. The van der Waals surface area contributed by atoms with Crippen LogP contribution in [0.5, 0.6) is 0 Å². The fourth-order valence-corrected chi connectivity index (χ4v) is 8.62. The standard InChI is InChI=1S/C68H116O6/c1-4-7-10-13-16-19-22-25-28-31-32-33-34-35-36-38-40-43-46-49-52-55-58-61-67(70)73-64-65(63-72-66(69)60-57-54-51-48-45-42-39-30-27-24-21-18-15-12-9-6-3)74-68(71)62-59-56-53-50-47-44-41-37-29-26-23-20-17-14-11-8-5-2/h8,11,17,20-21,24,26,29-32,39,41,44,50,53,65H,4-7,9-10,12-16,18-19,22-23,25,27-28,33-38,40,42-43,45-49,51-52,54-64H2,1-3H3/b11-8-,20-17-,24-21-,29-26-,32-31-,39-30-,44-41-,53-50-. The van der Waals surface area contributed by atoms with Crippen molar-refractivity contribution in [2.45, 2.75) is 303 Å². The molecule has 0 amide bonds. The molecule has 0 aromatic carbocycles. The number of unbranched alkanes of at least 4 members (excludes halogenated alkanes) is 29. The van der Waals surface area contributed by atoms with Gasteiger partial charge in [-0.05, 0) is 116 Å². The molecule has 0 heterocycles. The lowest BCUT2D eigenvalue weighted by atomic mass is 10.0. The minimum atomic E-state index is -0.815. The monoisotopic (exact) mass is 1030 g/mol. The molecule has 0 aliphatic rings. The second-order valence-corrected chi connectivity index (χ2v) is 20.6. The first-order valence-corrected chi connectivity index (χ1v) is 31.2. The first kappa shape index (κ1) is 70.3. The van der Waals surface area contributed by atoms with Gasteiger partial charge in [0, 0.05) is 19.3 Å². The summed E-state index contributed by atoms with van der Waals surface area (Å²) in [4.78, 5) is 38.3. The van der Waals surface area contributed by atoms with Gasteiger partial charge in [0.1, 0.15) is 13.2 Å². The normalized spacial score (nSPS) is 12.7. The van der Waals surface area contributed by atoms with Crippen LogP contribution in [0.2, 0.25) is 0 Å². The largest absolute Gasteiger partial charge is 0.462 e. The van der Waals surface area contributed by atoms with E-state index in [0.717, 1.165) is 103 Å². The summed E-state index contributed by atoms with van der Waals surface area (Å²) in [6, 6.07) is 0. The van der Waals surface area contributed by atoms with Crippen molar-refractivity contribution >= 4 is 17.9 Å². The number of esters is 3. The zero-order valence-corrected chi connectivity index (χ0v) is 48.6. The number of carbonyl (C=O) groups is 3. The van der Waals surface area contributed by atoms with Crippen molar-refractivity contribution in [3.05, 3.63) is 97.2 Å². The molecule has 74 heavy (non-hydrogen) atoms. The second kappa shape index (κ2) is 61.9. The van der Waals surface area contributed by atoms with Crippen molar-refractivity contribution in [3.8, 4) is 0 Å². The van der Waals surface area contributed by atoms with E-state index in [2.05, 4.69) is 118 Å². The Morgan fingerprint density at radius 2 is 0.541 bits per heavy atom. The third kappa shape index (κ3) is 59.2. The number of carbonyl (C=O) groups excluding carboxylic acids is 3. The summed E-state index contributed by atoms with van der Waals surface area (Å²) in [5.41, 5.74) is 0. The van der Waals surface area contributed by atoms with Crippen molar-refractivity contribution in [2.75, 3.05) is 13.2 Å². The van der Waals surface area contributed by atoms with E-state index in [1.807, 2.05) is 0 Å². The van der Waals surface area contributed by atoms with E-state index in [1.165, 1.54) is 148 Å². The Bertz CT molecular complexity index is 1460. The Balaban J connectivity index is 4.42. The highest BCUT2D eigenvalue weighted by molar-refractivity contribution is 5.71. The van der Waals surface area contributed by atoms with Crippen LogP contribution < -0.4 is 0 Å². The topological polar surface area (TPSA) is 78.9 Å². The molecule has 1 unspecified atom stereocenters. The van der Waals surface area contributed by atoms with Crippen LogP contribution >= 0.6 is 0 Å². The van der Waals surface area contributed by atoms with Gasteiger partial charge in [0.25, 0.3) is 0 Å². The van der Waals surface area contributed by atoms with Gasteiger partial charge in [-0.15, -0.1) is 0 Å². The van der Waals surface area contributed by atoms with Gasteiger partial charge in [-0.25, -0.2) is 0 Å². The van der Waals surface area contributed by atoms with E-state index in [0.29, 0.717) is 19.3 Å². The van der Waals surface area contributed by atoms with Crippen molar-refractivity contribution in [1.29, 1.82) is 0 Å². The van der Waals surface area contributed by atoms with Crippen molar-refractivity contribution < 1.29 is 28.6 Å². The molecule has 0 aliphatic heterocycles. The molecule has 0 N–H and O–H groups in total. The number of rotatable bonds is 56. The molecule has 0 aromatic rings. The summed E-state index contributed by atoms with van der Waals surface area (Å²) in [6.07, 6.45) is 82.7. The lowest BCUT2D eigenvalue weighted by Gasteiger charge is -2.18. The Morgan fingerprint density at radius 1 is 0.284 bits per heavy atom. The molecule has 0 bridgehead atoms. The highest BCUT2D eigenvalue weighted by Gasteiger charge is 2.19. The first-order valence-electron chi connectivity index (χ1n) is 31.2. The van der Waals surface area contributed by atoms with Crippen LogP contribution in [0, 0.1) is 0 Å². The van der Waals surface area contributed by atoms with Crippen LogP contribution in [-0.4, -0.2) is 37.2 Å². The van der Waals surface area contributed by atoms with E-state index >= 15 is 0 Å². The molecule has 0 fully saturated rings. The molecular weight excluding hydrogens is 913 g/mol. The smallest absolute Gasteiger partial charge is 0.306 e. The summed E-state index contributed by atoms with van der Waals surface area (Å²) in [7, 11) is 0. The van der Waals surface area contributed by atoms with Crippen molar-refractivity contribution in [3.63, 3.8) is 0 Å². The fraction of sp³-hybridized carbons (Fsp3) is 0.721. The quantitative estimate of drug-likeness (QED) is 0.0261. The molecule has 1 atom stereocenters. The number of allylic oxidation sites excluding steroid dienone is 16. The van der Waals surface area contributed by atoms with E-state index in [9.17, 15) is 14.4 Å². The predicted octanol–water partition coefficient (Wildman–Crippen LogP) is 21.3. The van der Waals surface area contributed by atoms with Crippen LogP contribution in [0.25, 0.3) is 0 Å². The lowest BCUT2D eigenvalue weighted by molar-refractivity contribution is -0.167. The van der Waals surface area contributed by atoms with Gasteiger partial charge in [0.05, 0.1) is 0 Å². The average molecular weight is 1030 g/mol. The molecule has 6 nitrogen and oxygen atoms in total. The van der Waals surface area contributed by atoms with Gasteiger partial charge in [-0.1, -0.05) is 259 Å². The van der Waals surface area contributed by atoms with Gasteiger partial charge in [-0.2, -0.15) is 0 Å². The fourth-order valence-electron chi connectivity index (χ4n) is 8.62. The average Bonchev–Trinajstić information content (AvgIpc) is 3.40. The molecule has 0 aliphatic carbocycles. The van der Waals surface area contributed by atoms with E-state index < -0.39 is 6.10 Å². The third-order valence-electron chi connectivity index (χ3n) is 13.3. The van der Waals surface area contributed by atoms with Crippen LogP contribution in [0.4, 0.5) is 0 Å². The van der Waals surface area contributed by atoms with Crippen LogP contribution in [0.3, 0.4) is 0 Å². The number of ether oxygens (including phenoxy) is 3. The summed E-state index contributed by atoms with van der Waals surface area (Å²) < 4.78 is 16.9. The molecule has 424 valence electrons. The molecule has 0 rings (SSSR count). The van der Waals surface area contributed by atoms with Crippen LogP contribution in [-0.2, 0) is 28.6 Å². The van der Waals surface area contributed by atoms with Gasteiger partial charge in [0.15, 0.2) is 6.10 Å². The maximum Gasteiger partial charge on any atom is 0.306 e. The summed E-state index contributed by atoms with van der Waals surface area (Å²) in [6.45, 7) is 6.47. The molecule has 6 heteroatoms.